The molecule has 0 amide bonds. The summed E-state index contributed by atoms with van der Waals surface area (Å²) in [4.78, 5) is 10.6. The van der Waals surface area contributed by atoms with E-state index < -0.39 is 0 Å². The quantitative estimate of drug-likeness (QED) is 0.785. The maximum Gasteiger partial charge on any atom is 0.139 e. The molecule has 0 unspecified atom stereocenters. The van der Waals surface area contributed by atoms with Gasteiger partial charge in [0.05, 0.1) is 6.54 Å². The first kappa shape index (κ1) is 11.4. The standard InChI is InChI=1S/C13H14BrNO/c1-2-3-10-9-15(6-7-16)13-5-4-11(14)8-12(10)13/h4-5,7-9H,2-3,6H2,1H3. The maximum absolute atomic E-state index is 10.6. The molecule has 1 aromatic carbocycles. The number of benzene rings is 1. The largest absolute Gasteiger partial charge is 0.340 e. The van der Waals surface area contributed by atoms with Crippen LogP contribution in [0.25, 0.3) is 10.9 Å². The second kappa shape index (κ2) is 4.83. The summed E-state index contributed by atoms with van der Waals surface area (Å²) in [5.74, 6) is 0. The van der Waals surface area contributed by atoms with Gasteiger partial charge in [-0.2, -0.15) is 0 Å². The van der Waals surface area contributed by atoms with E-state index in [9.17, 15) is 4.79 Å². The van der Waals surface area contributed by atoms with Crippen molar-refractivity contribution in [1.29, 1.82) is 0 Å². The molecule has 0 fully saturated rings. The van der Waals surface area contributed by atoms with Crippen molar-refractivity contribution in [1.82, 2.24) is 4.57 Å². The van der Waals surface area contributed by atoms with E-state index in [-0.39, 0.29) is 0 Å². The number of hydrogen-bond acceptors (Lipinski definition) is 1. The average molecular weight is 280 g/mol. The normalized spacial score (nSPS) is 10.9. The third-order valence-electron chi connectivity index (χ3n) is 2.72. The molecule has 84 valence electrons. The number of nitrogens with zero attached hydrogens (tertiary/aromatic N) is 1. The van der Waals surface area contributed by atoms with Gasteiger partial charge in [0.1, 0.15) is 6.29 Å². The van der Waals surface area contributed by atoms with E-state index in [1.54, 1.807) is 0 Å². The Morgan fingerprint density at radius 2 is 2.25 bits per heavy atom. The van der Waals surface area contributed by atoms with Gasteiger partial charge in [0.25, 0.3) is 0 Å². The molecule has 0 radical (unpaired) electrons. The van der Waals surface area contributed by atoms with Crippen LogP contribution in [0, 0.1) is 0 Å². The minimum absolute atomic E-state index is 0.432. The van der Waals surface area contributed by atoms with Gasteiger partial charge >= 0.3 is 0 Å². The lowest BCUT2D eigenvalue weighted by molar-refractivity contribution is -0.108. The van der Waals surface area contributed by atoms with Gasteiger partial charge in [-0.05, 0) is 30.2 Å². The molecule has 0 N–H and O–H groups in total. The van der Waals surface area contributed by atoms with Crippen LogP contribution >= 0.6 is 15.9 Å². The number of aromatic nitrogens is 1. The van der Waals surface area contributed by atoms with Crippen LogP contribution in [0.2, 0.25) is 0 Å². The Morgan fingerprint density at radius 1 is 1.44 bits per heavy atom. The molecule has 1 aromatic heterocycles. The maximum atomic E-state index is 10.6. The van der Waals surface area contributed by atoms with Crippen LogP contribution in [0.3, 0.4) is 0 Å². The number of halogens is 1. The van der Waals surface area contributed by atoms with E-state index in [4.69, 9.17) is 0 Å². The lowest BCUT2D eigenvalue weighted by atomic mass is 10.1. The molecule has 0 bridgehead atoms. The molecule has 1 heterocycles. The third-order valence-corrected chi connectivity index (χ3v) is 3.21. The first-order chi connectivity index (χ1) is 7.76. The molecule has 0 saturated carbocycles. The molecule has 2 nitrogen and oxygen atoms in total. The number of carbonyl (C=O) groups is 1. The molecule has 0 aliphatic carbocycles. The number of fused-ring (bicyclic) bond motifs is 1. The van der Waals surface area contributed by atoms with Crippen molar-refractivity contribution in [3.8, 4) is 0 Å². The molecule has 2 aromatic rings. The molecule has 3 heteroatoms. The van der Waals surface area contributed by atoms with E-state index >= 15 is 0 Å². The Hall–Kier alpha value is -1.09. The van der Waals surface area contributed by atoms with E-state index in [1.807, 2.05) is 10.6 Å². The first-order valence-electron chi connectivity index (χ1n) is 5.47. The highest BCUT2D eigenvalue weighted by Gasteiger charge is 2.07. The fourth-order valence-corrected chi connectivity index (χ4v) is 2.40. The molecule has 0 spiro atoms. The molecule has 16 heavy (non-hydrogen) atoms. The van der Waals surface area contributed by atoms with Gasteiger partial charge in [-0.1, -0.05) is 29.3 Å². The summed E-state index contributed by atoms with van der Waals surface area (Å²) in [6.45, 7) is 2.60. The zero-order valence-corrected chi connectivity index (χ0v) is 10.8. The summed E-state index contributed by atoms with van der Waals surface area (Å²) in [6.07, 6.45) is 5.21. The predicted octanol–water partition coefficient (Wildman–Crippen LogP) is 3.56. The fourth-order valence-electron chi connectivity index (χ4n) is 2.04. The number of rotatable bonds is 4. The predicted molar refractivity (Wildman–Crippen MR) is 69.7 cm³/mol. The van der Waals surface area contributed by atoms with Crippen molar-refractivity contribution in [3.05, 3.63) is 34.4 Å². The van der Waals surface area contributed by atoms with Crippen LogP contribution in [0.15, 0.2) is 28.9 Å². The van der Waals surface area contributed by atoms with Crippen molar-refractivity contribution >= 4 is 33.1 Å². The van der Waals surface area contributed by atoms with Crippen molar-refractivity contribution in [2.24, 2.45) is 0 Å². The summed E-state index contributed by atoms with van der Waals surface area (Å²) in [6, 6.07) is 6.20. The van der Waals surface area contributed by atoms with Gasteiger partial charge in [-0.3, -0.25) is 0 Å². The molecular weight excluding hydrogens is 266 g/mol. The van der Waals surface area contributed by atoms with Gasteiger partial charge in [0.15, 0.2) is 0 Å². The second-order valence-corrected chi connectivity index (χ2v) is 4.80. The summed E-state index contributed by atoms with van der Waals surface area (Å²) in [5, 5.41) is 1.25. The highest BCUT2D eigenvalue weighted by Crippen LogP contribution is 2.25. The summed E-state index contributed by atoms with van der Waals surface area (Å²) >= 11 is 3.49. The molecule has 0 aliphatic heterocycles. The summed E-state index contributed by atoms with van der Waals surface area (Å²) in [7, 11) is 0. The van der Waals surface area contributed by atoms with Crippen molar-refractivity contribution in [2.75, 3.05) is 0 Å². The van der Waals surface area contributed by atoms with Crippen LogP contribution in [0.1, 0.15) is 18.9 Å². The molecule has 0 saturated heterocycles. The average Bonchev–Trinajstić information content (AvgIpc) is 2.58. The summed E-state index contributed by atoms with van der Waals surface area (Å²) in [5.41, 5.74) is 2.46. The number of carbonyl (C=O) groups excluding carboxylic acids is 1. The lowest BCUT2D eigenvalue weighted by Crippen LogP contribution is -1.95. The zero-order valence-electron chi connectivity index (χ0n) is 9.24. The monoisotopic (exact) mass is 279 g/mol. The third kappa shape index (κ3) is 2.05. The van der Waals surface area contributed by atoms with E-state index in [0.29, 0.717) is 6.54 Å². The Labute approximate surface area is 103 Å². The number of hydrogen-bond donors (Lipinski definition) is 0. The van der Waals surface area contributed by atoms with Gasteiger partial charge in [-0.25, -0.2) is 0 Å². The lowest BCUT2D eigenvalue weighted by Gasteiger charge is -1.99. The highest BCUT2D eigenvalue weighted by atomic mass is 79.9. The van der Waals surface area contributed by atoms with Crippen LogP contribution in [0.4, 0.5) is 0 Å². The topological polar surface area (TPSA) is 22.0 Å². The number of aldehydes is 1. The van der Waals surface area contributed by atoms with Gasteiger partial charge in [-0.15, -0.1) is 0 Å². The highest BCUT2D eigenvalue weighted by molar-refractivity contribution is 9.10. The first-order valence-corrected chi connectivity index (χ1v) is 6.26. The van der Waals surface area contributed by atoms with E-state index in [0.717, 1.165) is 29.1 Å². The van der Waals surface area contributed by atoms with Gasteiger partial charge < -0.3 is 9.36 Å². The van der Waals surface area contributed by atoms with Crippen LogP contribution in [0.5, 0.6) is 0 Å². The Balaban J connectivity index is 2.61. The van der Waals surface area contributed by atoms with E-state index in [2.05, 4.69) is 41.2 Å². The Morgan fingerprint density at radius 3 is 2.94 bits per heavy atom. The van der Waals surface area contributed by atoms with E-state index in [1.165, 1.54) is 10.9 Å². The Bertz CT molecular complexity index is 516. The molecule has 2 rings (SSSR count). The molecular formula is C13H14BrNO. The van der Waals surface area contributed by atoms with Crippen LogP contribution in [-0.4, -0.2) is 10.9 Å². The smallest absolute Gasteiger partial charge is 0.139 e. The molecule has 0 aliphatic rings. The van der Waals surface area contributed by atoms with Gasteiger partial charge in [0.2, 0.25) is 0 Å². The Kier molecular flexibility index (Phi) is 3.44. The summed E-state index contributed by atoms with van der Waals surface area (Å²) < 4.78 is 3.10. The van der Waals surface area contributed by atoms with Crippen molar-refractivity contribution < 1.29 is 4.79 Å². The zero-order chi connectivity index (χ0) is 11.5. The van der Waals surface area contributed by atoms with Crippen LogP contribution < -0.4 is 0 Å². The van der Waals surface area contributed by atoms with Crippen molar-refractivity contribution in [3.63, 3.8) is 0 Å². The van der Waals surface area contributed by atoms with Crippen molar-refractivity contribution in [2.45, 2.75) is 26.3 Å². The number of aryl methyl sites for hydroxylation is 1. The van der Waals surface area contributed by atoms with Gasteiger partial charge in [0, 0.05) is 21.6 Å². The SMILES string of the molecule is CCCc1cn(CC=O)c2ccc(Br)cc12. The van der Waals surface area contributed by atoms with Crippen LogP contribution in [-0.2, 0) is 17.8 Å². The molecule has 0 atom stereocenters. The second-order valence-electron chi connectivity index (χ2n) is 3.88. The fraction of sp³-hybridized carbons (Fsp3) is 0.308. The minimum atomic E-state index is 0.432. The minimum Gasteiger partial charge on any atom is -0.340 e.